The molecular formula is C13H17FN4O. The summed E-state index contributed by atoms with van der Waals surface area (Å²) >= 11 is 0. The van der Waals surface area contributed by atoms with Crippen molar-refractivity contribution in [2.24, 2.45) is 0 Å². The number of hydrogen-bond acceptors (Lipinski definition) is 4. The third kappa shape index (κ3) is 4.03. The van der Waals surface area contributed by atoms with Gasteiger partial charge < -0.3 is 10.1 Å². The van der Waals surface area contributed by atoms with Crippen LogP contribution in [0, 0.1) is 5.82 Å². The molecule has 102 valence electrons. The lowest BCUT2D eigenvalue weighted by molar-refractivity contribution is 0.277. The van der Waals surface area contributed by atoms with E-state index in [2.05, 4.69) is 15.6 Å². The smallest absolute Gasteiger partial charge is 0.165 e. The standard InChI is InChI=1S/C13H17FN4O/c1-2-15-9-11-10-18(17-16-11)7-8-19-13-6-4-3-5-12(13)14/h3-6,10,15H,2,7-9H2,1H3. The van der Waals surface area contributed by atoms with Crippen LogP contribution < -0.4 is 10.1 Å². The molecule has 0 saturated heterocycles. The van der Waals surface area contributed by atoms with Crippen molar-refractivity contribution >= 4 is 0 Å². The zero-order valence-corrected chi connectivity index (χ0v) is 10.8. The number of aromatic nitrogens is 3. The van der Waals surface area contributed by atoms with Crippen molar-refractivity contribution in [3.05, 3.63) is 42.0 Å². The predicted molar refractivity (Wildman–Crippen MR) is 69.3 cm³/mol. The molecule has 0 bridgehead atoms. The lowest BCUT2D eigenvalue weighted by atomic mass is 10.3. The number of para-hydroxylation sites is 1. The molecule has 1 aromatic heterocycles. The molecule has 1 heterocycles. The average Bonchev–Trinajstić information content (AvgIpc) is 2.86. The van der Waals surface area contributed by atoms with Gasteiger partial charge in [-0.05, 0) is 18.7 Å². The molecule has 2 aromatic rings. The molecule has 5 nitrogen and oxygen atoms in total. The van der Waals surface area contributed by atoms with E-state index in [1.165, 1.54) is 6.07 Å². The molecular weight excluding hydrogens is 247 g/mol. The summed E-state index contributed by atoms with van der Waals surface area (Å²) in [5.41, 5.74) is 0.882. The second-order valence-corrected chi connectivity index (χ2v) is 4.03. The Hall–Kier alpha value is -1.95. The van der Waals surface area contributed by atoms with Gasteiger partial charge in [-0.3, -0.25) is 0 Å². The van der Waals surface area contributed by atoms with Gasteiger partial charge in [-0.2, -0.15) is 0 Å². The molecule has 0 amide bonds. The van der Waals surface area contributed by atoms with E-state index in [0.29, 0.717) is 19.7 Å². The molecule has 0 spiro atoms. The predicted octanol–water partition coefficient (Wildman–Crippen LogP) is 1.61. The van der Waals surface area contributed by atoms with Gasteiger partial charge in [-0.15, -0.1) is 5.10 Å². The van der Waals surface area contributed by atoms with Crippen molar-refractivity contribution in [3.8, 4) is 5.75 Å². The van der Waals surface area contributed by atoms with E-state index in [4.69, 9.17) is 4.74 Å². The third-order valence-corrected chi connectivity index (χ3v) is 2.56. The number of hydrogen-bond donors (Lipinski definition) is 1. The summed E-state index contributed by atoms with van der Waals surface area (Å²) in [6.45, 7) is 4.51. The van der Waals surface area contributed by atoms with E-state index >= 15 is 0 Å². The summed E-state index contributed by atoms with van der Waals surface area (Å²) in [6, 6.07) is 6.35. The highest BCUT2D eigenvalue weighted by Gasteiger charge is 2.03. The van der Waals surface area contributed by atoms with Crippen LogP contribution in [0.5, 0.6) is 5.75 Å². The number of benzene rings is 1. The fourth-order valence-electron chi connectivity index (χ4n) is 1.59. The van der Waals surface area contributed by atoms with Gasteiger partial charge in [0.25, 0.3) is 0 Å². The lowest BCUT2D eigenvalue weighted by Crippen LogP contribution is -2.12. The molecule has 1 aromatic carbocycles. The fourth-order valence-corrected chi connectivity index (χ4v) is 1.59. The molecule has 0 fully saturated rings. The number of halogens is 1. The van der Waals surface area contributed by atoms with Crippen molar-refractivity contribution in [2.45, 2.75) is 20.0 Å². The Kier molecular flexibility index (Phi) is 4.85. The van der Waals surface area contributed by atoms with Crippen LogP contribution in [0.2, 0.25) is 0 Å². The van der Waals surface area contributed by atoms with Crippen molar-refractivity contribution in [1.29, 1.82) is 0 Å². The number of nitrogens with one attached hydrogen (secondary N) is 1. The molecule has 0 aliphatic carbocycles. The van der Waals surface area contributed by atoms with Crippen LogP contribution in [0.1, 0.15) is 12.6 Å². The van der Waals surface area contributed by atoms with Crippen LogP contribution in [0.15, 0.2) is 30.5 Å². The highest BCUT2D eigenvalue weighted by atomic mass is 19.1. The van der Waals surface area contributed by atoms with E-state index in [9.17, 15) is 4.39 Å². The SMILES string of the molecule is CCNCc1cn(CCOc2ccccc2F)nn1. The van der Waals surface area contributed by atoms with Crippen LogP contribution in [-0.4, -0.2) is 28.1 Å². The zero-order chi connectivity index (χ0) is 13.5. The quantitative estimate of drug-likeness (QED) is 0.825. The maximum absolute atomic E-state index is 13.3. The Balaban J connectivity index is 1.79. The Bertz CT molecular complexity index is 515. The van der Waals surface area contributed by atoms with Crippen LogP contribution >= 0.6 is 0 Å². The Labute approximate surface area is 111 Å². The number of nitrogens with zero attached hydrogens (tertiary/aromatic N) is 3. The molecule has 6 heteroatoms. The summed E-state index contributed by atoms with van der Waals surface area (Å²) < 4.78 is 20.3. The number of rotatable bonds is 7. The van der Waals surface area contributed by atoms with Gasteiger partial charge in [0.1, 0.15) is 6.61 Å². The number of ether oxygens (including phenoxy) is 1. The monoisotopic (exact) mass is 264 g/mol. The van der Waals surface area contributed by atoms with Gasteiger partial charge in [0.2, 0.25) is 0 Å². The fraction of sp³-hybridized carbons (Fsp3) is 0.385. The summed E-state index contributed by atoms with van der Waals surface area (Å²) in [5, 5.41) is 11.2. The normalized spacial score (nSPS) is 10.6. The Morgan fingerprint density at radius 2 is 2.21 bits per heavy atom. The molecule has 0 unspecified atom stereocenters. The molecule has 19 heavy (non-hydrogen) atoms. The molecule has 1 N–H and O–H groups in total. The van der Waals surface area contributed by atoms with Gasteiger partial charge in [0.15, 0.2) is 11.6 Å². The van der Waals surface area contributed by atoms with Crippen molar-refractivity contribution in [2.75, 3.05) is 13.2 Å². The molecule has 0 radical (unpaired) electrons. The second kappa shape index (κ2) is 6.84. The van der Waals surface area contributed by atoms with E-state index in [1.807, 2.05) is 13.1 Å². The average molecular weight is 264 g/mol. The van der Waals surface area contributed by atoms with Crippen LogP contribution in [0.25, 0.3) is 0 Å². The van der Waals surface area contributed by atoms with Gasteiger partial charge in [-0.1, -0.05) is 24.3 Å². The first-order chi connectivity index (χ1) is 9.29. The van der Waals surface area contributed by atoms with E-state index < -0.39 is 0 Å². The first-order valence-electron chi connectivity index (χ1n) is 6.26. The second-order valence-electron chi connectivity index (χ2n) is 4.03. The molecule has 0 aliphatic rings. The summed E-state index contributed by atoms with van der Waals surface area (Å²) in [6.07, 6.45) is 1.85. The van der Waals surface area contributed by atoms with Crippen LogP contribution in [-0.2, 0) is 13.1 Å². The molecule has 0 atom stereocenters. The Morgan fingerprint density at radius 3 is 3.00 bits per heavy atom. The summed E-state index contributed by atoms with van der Waals surface area (Å²) in [7, 11) is 0. The Morgan fingerprint density at radius 1 is 1.37 bits per heavy atom. The molecule has 0 saturated carbocycles. The minimum Gasteiger partial charge on any atom is -0.489 e. The first-order valence-corrected chi connectivity index (χ1v) is 6.26. The van der Waals surface area contributed by atoms with Gasteiger partial charge in [0.05, 0.1) is 12.2 Å². The molecule has 0 aliphatic heterocycles. The summed E-state index contributed by atoms with van der Waals surface area (Å²) in [5.74, 6) is -0.0931. The van der Waals surface area contributed by atoms with E-state index in [-0.39, 0.29) is 11.6 Å². The lowest BCUT2D eigenvalue weighted by Gasteiger charge is -2.06. The molecule has 2 rings (SSSR count). The largest absolute Gasteiger partial charge is 0.489 e. The van der Waals surface area contributed by atoms with Crippen LogP contribution in [0.3, 0.4) is 0 Å². The third-order valence-electron chi connectivity index (χ3n) is 2.56. The minimum absolute atomic E-state index is 0.260. The van der Waals surface area contributed by atoms with Crippen LogP contribution in [0.4, 0.5) is 4.39 Å². The maximum Gasteiger partial charge on any atom is 0.165 e. The van der Waals surface area contributed by atoms with E-state index in [0.717, 1.165) is 12.2 Å². The van der Waals surface area contributed by atoms with Gasteiger partial charge >= 0.3 is 0 Å². The maximum atomic E-state index is 13.3. The van der Waals surface area contributed by atoms with Gasteiger partial charge in [-0.25, -0.2) is 9.07 Å². The summed E-state index contributed by atoms with van der Waals surface area (Å²) in [4.78, 5) is 0. The first kappa shape index (κ1) is 13.5. The minimum atomic E-state index is -0.353. The highest BCUT2D eigenvalue weighted by molar-refractivity contribution is 5.23. The van der Waals surface area contributed by atoms with Gasteiger partial charge in [0, 0.05) is 12.7 Å². The highest BCUT2D eigenvalue weighted by Crippen LogP contribution is 2.15. The van der Waals surface area contributed by atoms with Crippen molar-refractivity contribution in [1.82, 2.24) is 20.3 Å². The van der Waals surface area contributed by atoms with Crippen molar-refractivity contribution < 1.29 is 9.13 Å². The van der Waals surface area contributed by atoms with E-state index in [1.54, 1.807) is 22.9 Å². The topological polar surface area (TPSA) is 52.0 Å². The zero-order valence-electron chi connectivity index (χ0n) is 10.8. The van der Waals surface area contributed by atoms with Crippen molar-refractivity contribution in [3.63, 3.8) is 0 Å².